The number of hydrogen-bond donors (Lipinski definition) is 0. The molecule has 0 saturated heterocycles. The van der Waals surface area contributed by atoms with Crippen LogP contribution in [0.1, 0.15) is 28.9 Å². The largest absolute Gasteiger partial charge is 0.347 e. The van der Waals surface area contributed by atoms with Crippen molar-refractivity contribution in [1.82, 2.24) is 4.57 Å². The van der Waals surface area contributed by atoms with Crippen molar-refractivity contribution in [3.8, 4) is 0 Å². The number of fused-ring (bicyclic) bond motifs is 3. The van der Waals surface area contributed by atoms with Gasteiger partial charge in [0.1, 0.15) is 5.82 Å². The number of Topliss-reactive ketones (excluding diaryl/α,β-unsaturated/α-hetero) is 1. The third kappa shape index (κ3) is 1.14. The maximum atomic E-state index is 13.2. The molecule has 16 heavy (non-hydrogen) atoms. The number of hydrogen-bond acceptors (Lipinski definition) is 1. The molecule has 0 saturated carbocycles. The molecule has 2 aromatic rings. The molecule has 0 radical (unpaired) electrons. The number of carbonyl (C=O) groups excluding carboxylic acids is 1. The van der Waals surface area contributed by atoms with E-state index in [0.717, 1.165) is 35.0 Å². The highest BCUT2D eigenvalue weighted by molar-refractivity contribution is 6.10. The molecule has 2 nitrogen and oxygen atoms in total. The molecule has 0 N–H and O–H groups in total. The van der Waals surface area contributed by atoms with Gasteiger partial charge in [0.15, 0.2) is 5.78 Å². The van der Waals surface area contributed by atoms with Crippen LogP contribution < -0.4 is 0 Å². The zero-order chi connectivity index (χ0) is 11.3. The Morgan fingerprint density at radius 1 is 1.31 bits per heavy atom. The van der Waals surface area contributed by atoms with Crippen LogP contribution in [0.3, 0.4) is 0 Å². The minimum atomic E-state index is -0.278. The van der Waals surface area contributed by atoms with Crippen molar-refractivity contribution in [1.29, 1.82) is 0 Å². The maximum Gasteiger partial charge on any atom is 0.165 e. The van der Waals surface area contributed by atoms with Crippen molar-refractivity contribution in [2.24, 2.45) is 7.05 Å². The minimum Gasteiger partial charge on any atom is -0.347 e. The van der Waals surface area contributed by atoms with Crippen LogP contribution in [0, 0.1) is 5.82 Å². The van der Waals surface area contributed by atoms with Crippen molar-refractivity contribution in [3.63, 3.8) is 0 Å². The molecular formula is C13H12FNO. The third-order valence-corrected chi connectivity index (χ3v) is 3.38. The molecule has 0 aliphatic heterocycles. The zero-order valence-electron chi connectivity index (χ0n) is 9.09. The second-order valence-electron chi connectivity index (χ2n) is 4.32. The zero-order valence-corrected chi connectivity index (χ0v) is 9.09. The average molecular weight is 217 g/mol. The van der Waals surface area contributed by atoms with Crippen molar-refractivity contribution in [3.05, 3.63) is 35.3 Å². The second-order valence-corrected chi connectivity index (χ2v) is 4.32. The molecule has 0 spiro atoms. The summed E-state index contributed by atoms with van der Waals surface area (Å²) in [6.45, 7) is 0. The van der Waals surface area contributed by atoms with Gasteiger partial charge in [0, 0.05) is 35.6 Å². The first-order valence-corrected chi connectivity index (χ1v) is 5.48. The van der Waals surface area contributed by atoms with E-state index in [1.54, 1.807) is 6.07 Å². The Hall–Kier alpha value is -1.64. The monoisotopic (exact) mass is 217 g/mol. The van der Waals surface area contributed by atoms with Gasteiger partial charge < -0.3 is 4.57 Å². The van der Waals surface area contributed by atoms with Crippen LogP contribution in [0.15, 0.2) is 18.2 Å². The van der Waals surface area contributed by atoms with E-state index in [-0.39, 0.29) is 11.6 Å². The van der Waals surface area contributed by atoms with Gasteiger partial charge in [-0.2, -0.15) is 0 Å². The van der Waals surface area contributed by atoms with E-state index in [9.17, 15) is 9.18 Å². The summed E-state index contributed by atoms with van der Waals surface area (Å²) in [7, 11) is 1.94. The molecule has 0 fully saturated rings. The smallest absolute Gasteiger partial charge is 0.165 e. The number of ketones is 1. The Balaban J connectivity index is 2.45. The van der Waals surface area contributed by atoms with Gasteiger partial charge in [-0.1, -0.05) is 0 Å². The topological polar surface area (TPSA) is 22.0 Å². The summed E-state index contributed by atoms with van der Waals surface area (Å²) in [4.78, 5) is 11.9. The first-order valence-electron chi connectivity index (χ1n) is 5.48. The lowest BCUT2D eigenvalue weighted by Crippen LogP contribution is -2.11. The van der Waals surface area contributed by atoms with Gasteiger partial charge in [-0.05, 0) is 31.0 Å². The number of aryl methyl sites for hydroxylation is 1. The number of aromatic nitrogens is 1. The Morgan fingerprint density at radius 3 is 2.94 bits per heavy atom. The summed E-state index contributed by atoms with van der Waals surface area (Å²) >= 11 is 0. The lowest BCUT2D eigenvalue weighted by atomic mass is 9.94. The molecule has 82 valence electrons. The van der Waals surface area contributed by atoms with E-state index in [1.807, 2.05) is 11.6 Å². The van der Waals surface area contributed by atoms with Crippen molar-refractivity contribution in [2.45, 2.75) is 19.3 Å². The summed E-state index contributed by atoms with van der Waals surface area (Å²) in [6.07, 6.45) is 2.40. The number of nitrogens with zero attached hydrogens (tertiary/aromatic N) is 1. The molecule has 1 aromatic heterocycles. The number of benzene rings is 1. The minimum absolute atomic E-state index is 0.150. The van der Waals surface area contributed by atoms with E-state index in [1.165, 1.54) is 12.1 Å². The highest BCUT2D eigenvalue weighted by Crippen LogP contribution is 2.31. The Labute approximate surface area is 92.7 Å². The summed E-state index contributed by atoms with van der Waals surface area (Å²) in [5.74, 6) is -0.128. The number of carbonyl (C=O) groups is 1. The molecule has 3 heteroatoms. The maximum absolute atomic E-state index is 13.2. The quantitative estimate of drug-likeness (QED) is 0.665. The van der Waals surface area contributed by atoms with Crippen LogP contribution in [0.4, 0.5) is 4.39 Å². The van der Waals surface area contributed by atoms with E-state index < -0.39 is 0 Å². The fourth-order valence-corrected chi connectivity index (χ4v) is 2.61. The van der Waals surface area contributed by atoms with Crippen molar-refractivity contribution in [2.75, 3.05) is 0 Å². The molecule has 0 bridgehead atoms. The predicted octanol–water partition coefficient (Wildman–Crippen LogP) is 2.84. The number of halogens is 1. The molecule has 0 amide bonds. The van der Waals surface area contributed by atoms with Gasteiger partial charge in [-0.3, -0.25) is 4.79 Å². The van der Waals surface area contributed by atoms with E-state index in [0.29, 0.717) is 6.42 Å². The molecule has 0 unspecified atom stereocenters. The second kappa shape index (κ2) is 3.17. The van der Waals surface area contributed by atoms with E-state index in [2.05, 4.69) is 0 Å². The van der Waals surface area contributed by atoms with Crippen LogP contribution in [0.5, 0.6) is 0 Å². The summed E-state index contributed by atoms with van der Waals surface area (Å²) in [6, 6.07) is 4.66. The summed E-state index contributed by atoms with van der Waals surface area (Å²) in [5.41, 5.74) is 2.74. The molecule has 1 aliphatic rings. The van der Waals surface area contributed by atoms with Gasteiger partial charge in [-0.15, -0.1) is 0 Å². The Kier molecular flexibility index (Phi) is 1.90. The summed E-state index contributed by atoms with van der Waals surface area (Å²) < 4.78 is 15.2. The van der Waals surface area contributed by atoms with Crippen LogP contribution in [-0.4, -0.2) is 10.4 Å². The van der Waals surface area contributed by atoms with Gasteiger partial charge in [0.25, 0.3) is 0 Å². The lowest BCUT2D eigenvalue weighted by Gasteiger charge is -2.11. The fraction of sp³-hybridized carbons (Fsp3) is 0.308. The highest BCUT2D eigenvalue weighted by atomic mass is 19.1. The van der Waals surface area contributed by atoms with Crippen LogP contribution in [0.2, 0.25) is 0 Å². The lowest BCUT2D eigenvalue weighted by molar-refractivity contribution is 0.0973. The molecule has 1 aliphatic carbocycles. The van der Waals surface area contributed by atoms with Crippen LogP contribution >= 0.6 is 0 Å². The van der Waals surface area contributed by atoms with Gasteiger partial charge in [-0.25, -0.2) is 4.39 Å². The third-order valence-electron chi connectivity index (χ3n) is 3.38. The Bertz CT molecular complexity index is 597. The van der Waals surface area contributed by atoms with Crippen molar-refractivity contribution < 1.29 is 9.18 Å². The Morgan fingerprint density at radius 2 is 2.12 bits per heavy atom. The SMILES string of the molecule is Cn1c2c(c3cc(F)ccc31)C(=O)CCC2. The van der Waals surface area contributed by atoms with Crippen molar-refractivity contribution >= 4 is 16.7 Å². The predicted molar refractivity (Wildman–Crippen MR) is 60.1 cm³/mol. The standard InChI is InChI=1S/C13H12FNO/c1-15-10-6-5-8(14)7-9(10)13-11(15)3-2-4-12(13)16/h5-7H,2-4H2,1H3. The van der Waals surface area contributed by atoms with E-state index >= 15 is 0 Å². The fourth-order valence-electron chi connectivity index (χ4n) is 2.61. The van der Waals surface area contributed by atoms with Crippen LogP contribution in [0.25, 0.3) is 10.9 Å². The van der Waals surface area contributed by atoms with Crippen LogP contribution in [-0.2, 0) is 13.5 Å². The molecule has 3 rings (SSSR count). The average Bonchev–Trinajstić information content (AvgIpc) is 2.54. The van der Waals surface area contributed by atoms with Gasteiger partial charge in [0.2, 0.25) is 0 Å². The highest BCUT2D eigenvalue weighted by Gasteiger charge is 2.24. The van der Waals surface area contributed by atoms with E-state index in [4.69, 9.17) is 0 Å². The molecular weight excluding hydrogens is 205 g/mol. The molecule has 0 atom stereocenters. The first-order chi connectivity index (χ1) is 7.68. The normalized spacial score (nSPS) is 15.5. The molecule has 1 aromatic carbocycles. The number of rotatable bonds is 0. The molecule has 1 heterocycles. The first kappa shape index (κ1) is 9.58. The summed E-state index contributed by atoms with van der Waals surface area (Å²) in [5, 5.41) is 0.766. The van der Waals surface area contributed by atoms with Gasteiger partial charge in [0.05, 0.1) is 0 Å². The van der Waals surface area contributed by atoms with Gasteiger partial charge >= 0.3 is 0 Å².